The van der Waals surface area contributed by atoms with Crippen molar-refractivity contribution in [2.45, 2.75) is 63.8 Å². The Morgan fingerprint density at radius 1 is 0.477 bits per heavy atom. The summed E-state index contributed by atoms with van der Waals surface area (Å²) < 4.78 is 13.9. The summed E-state index contributed by atoms with van der Waals surface area (Å²) in [6.45, 7) is 12.1. The van der Waals surface area contributed by atoms with Gasteiger partial charge in [0.2, 0.25) is 0 Å². The zero-order valence-electron chi connectivity index (χ0n) is 26.2. The van der Waals surface area contributed by atoms with Crippen molar-refractivity contribution in [3.63, 3.8) is 0 Å². The highest BCUT2D eigenvalue weighted by atomic mass is 28.4. The molecular formula is C36H42O6Si2. The Morgan fingerprint density at radius 2 is 0.682 bits per heavy atom. The summed E-state index contributed by atoms with van der Waals surface area (Å²) >= 11 is 0. The Balaban J connectivity index is 1.99. The number of carbonyl (C=O) groups is 2. The Bertz CT molecular complexity index is 1330. The number of aliphatic carboxylic acids is 2. The maximum absolute atomic E-state index is 13.3. The van der Waals surface area contributed by atoms with Gasteiger partial charge >= 0.3 is 11.9 Å². The molecule has 0 radical (unpaired) electrons. The maximum atomic E-state index is 13.3. The van der Waals surface area contributed by atoms with Crippen LogP contribution in [0.15, 0.2) is 121 Å². The summed E-state index contributed by atoms with van der Waals surface area (Å²) in [6.07, 6.45) is -3.61. The van der Waals surface area contributed by atoms with Crippen LogP contribution >= 0.6 is 0 Å². The molecular weight excluding hydrogens is 585 g/mol. The number of hydrogen-bond acceptors (Lipinski definition) is 4. The Morgan fingerprint density at radius 3 is 0.841 bits per heavy atom. The van der Waals surface area contributed by atoms with Crippen molar-refractivity contribution in [3.8, 4) is 0 Å². The van der Waals surface area contributed by atoms with Crippen LogP contribution in [0.1, 0.15) is 41.5 Å². The van der Waals surface area contributed by atoms with Crippen LogP contribution in [0.4, 0.5) is 0 Å². The second kappa shape index (κ2) is 13.0. The second-order valence-corrected chi connectivity index (χ2v) is 21.6. The van der Waals surface area contributed by atoms with E-state index >= 15 is 0 Å². The highest BCUT2D eigenvalue weighted by Crippen LogP contribution is 2.41. The third-order valence-electron chi connectivity index (χ3n) is 8.20. The molecule has 6 nitrogen and oxygen atoms in total. The predicted molar refractivity (Wildman–Crippen MR) is 180 cm³/mol. The molecule has 230 valence electrons. The molecule has 0 bridgehead atoms. The van der Waals surface area contributed by atoms with Gasteiger partial charge in [-0.15, -0.1) is 0 Å². The van der Waals surface area contributed by atoms with E-state index in [-0.39, 0.29) is 0 Å². The van der Waals surface area contributed by atoms with E-state index in [1.807, 2.05) is 163 Å². The lowest BCUT2D eigenvalue weighted by Crippen LogP contribution is -2.72. The second-order valence-electron chi connectivity index (χ2n) is 13.1. The van der Waals surface area contributed by atoms with Crippen LogP contribution in [0.2, 0.25) is 10.1 Å². The van der Waals surface area contributed by atoms with Gasteiger partial charge in [-0.2, -0.15) is 0 Å². The third kappa shape index (κ3) is 6.21. The first-order valence-electron chi connectivity index (χ1n) is 14.8. The van der Waals surface area contributed by atoms with Gasteiger partial charge in [0.1, 0.15) is 0 Å². The molecule has 0 spiro atoms. The lowest BCUT2D eigenvalue weighted by Gasteiger charge is -2.47. The lowest BCUT2D eigenvalue weighted by molar-refractivity contribution is -0.163. The molecule has 4 aromatic carbocycles. The van der Waals surface area contributed by atoms with E-state index in [0.29, 0.717) is 0 Å². The van der Waals surface area contributed by atoms with E-state index in [0.717, 1.165) is 20.7 Å². The highest BCUT2D eigenvalue weighted by Gasteiger charge is 2.58. The minimum atomic E-state index is -3.47. The molecule has 0 unspecified atom stereocenters. The normalized spacial score (nSPS) is 14.0. The van der Waals surface area contributed by atoms with E-state index in [1.165, 1.54) is 0 Å². The van der Waals surface area contributed by atoms with Gasteiger partial charge in [-0.25, -0.2) is 9.59 Å². The molecule has 0 aliphatic carbocycles. The predicted octanol–water partition coefficient (Wildman–Crippen LogP) is 5.05. The van der Waals surface area contributed by atoms with Crippen molar-refractivity contribution in [2.24, 2.45) is 0 Å². The van der Waals surface area contributed by atoms with Crippen LogP contribution in [0, 0.1) is 0 Å². The maximum Gasteiger partial charge on any atom is 0.334 e. The molecule has 0 heterocycles. The molecule has 2 atom stereocenters. The molecule has 44 heavy (non-hydrogen) atoms. The fourth-order valence-corrected chi connectivity index (χ4v) is 15.5. The Kier molecular flexibility index (Phi) is 9.80. The molecule has 0 saturated carbocycles. The molecule has 8 heteroatoms. The lowest BCUT2D eigenvalue weighted by atomic mass is 10.2. The van der Waals surface area contributed by atoms with Gasteiger partial charge in [0, 0.05) is 0 Å². The summed E-state index contributed by atoms with van der Waals surface area (Å²) in [4.78, 5) is 26.6. The van der Waals surface area contributed by atoms with Crippen LogP contribution in [0.3, 0.4) is 0 Å². The van der Waals surface area contributed by atoms with Gasteiger partial charge in [0.25, 0.3) is 16.6 Å². The Hall–Kier alpha value is -3.83. The van der Waals surface area contributed by atoms with Crippen molar-refractivity contribution in [1.29, 1.82) is 0 Å². The summed E-state index contributed by atoms with van der Waals surface area (Å²) in [7, 11) is -6.94. The van der Waals surface area contributed by atoms with Crippen LogP contribution in [-0.2, 0) is 18.4 Å². The van der Waals surface area contributed by atoms with Gasteiger partial charge in [-0.3, -0.25) is 0 Å². The topological polar surface area (TPSA) is 93.1 Å². The molecule has 0 amide bonds. The molecule has 0 aliphatic rings. The SMILES string of the molecule is CC(C)(C)[Si](O[C@@H](C(=O)O)[C@@H](O[Si](c1ccccc1)(c1ccccc1)C(C)(C)C)C(=O)O)(c1ccccc1)c1ccccc1. The zero-order chi connectivity index (χ0) is 32.2. The molecule has 4 rings (SSSR count). The fraction of sp³-hybridized carbons (Fsp3) is 0.278. The van der Waals surface area contributed by atoms with Crippen molar-refractivity contribution >= 4 is 49.3 Å². The monoisotopic (exact) mass is 626 g/mol. The van der Waals surface area contributed by atoms with Gasteiger partial charge in [0.15, 0.2) is 12.2 Å². The number of rotatable bonds is 11. The minimum Gasteiger partial charge on any atom is -0.479 e. The summed E-state index contributed by atoms with van der Waals surface area (Å²) in [5.41, 5.74) is 0. The van der Waals surface area contributed by atoms with Crippen molar-refractivity contribution in [1.82, 2.24) is 0 Å². The third-order valence-corrected chi connectivity index (χ3v) is 18.2. The van der Waals surface area contributed by atoms with E-state index in [4.69, 9.17) is 8.85 Å². The van der Waals surface area contributed by atoms with Gasteiger partial charge in [0.05, 0.1) is 0 Å². The van der Waals surface area contributed by atoms with Crippen molar-refractivity contribution < 1.29 is 28.7 Å². The van der Waals surface area contributed by atoms with Crippen LogP contribution in [0.5, 0.6) is 0 Å². The van der Waals surface area contributed by atoms with Crippen LogP contribution in [0.25, 0.3) is 0 Å². The molecule has 0 saturated heterocycles. The van der Waals surface area contributed by atoms with Gasteiger partial charge in [-0.05, 0) is 30.8 Å². The molecule has 0 aliphatic heterocycles. The average molecular weight is 627 g/mol. The molecule has 0 aromatic heterocycles. The van der Waals surface area contributed by atoms with E-state index in [2.05, 4.69) is 0 Å². The molecule has 0 fully saturated rings. The van der Waals surface area contributed by atoms with E-state index < -0.39 is 50.9 Å². The van der Waals surface area contributed by atoms with Crippen molar-refractivity contribution in [3.05, 3.63) is 121 Å². The van der Waals surface area contributed by atoms with E-state index in [1.54, 1.807) is 0 Å². The molecule has 4 aromatic rings. The zero-order valence-corrected chi connectivity index (χ0v) is 28.2. The number of carboxylic acids is 2. The number of hydrogen-bond donors (Lipinski definition) is 2. The summed E-state index contributed by atoms with van der Waals surface area (Å²) in [5.74, 6) is -2.77. The average Bonchev–Trinajstić information content (AvgIpc) is 2.99. The number of benzene rings is 4. The summed E-state index contributed by atoms with van der Waals surface area (Å²) in [6, 6.07) is 38.4. The fourth-order valence-electron chi connectivity index (χ4n) is 6.25. The first-order valence-corrected chi connectivity index (χ1v) is 18.6. The standard InChI is InChI=1S/C36H42O6Si2/c1-35(2,3)43(27-19-11-7-12-20-27,28-21-13-8-14-22-28)41-31(33(37)38)32(34(39)40)42-44(36(4,5)6,29-23-15-9-16-24-29)30-25-17-10-18-26-30/h7-26,31-32H,1-6H3,(H,37,38)(H,39,40)/t31-,32-/m1/s1. The summed E-state index contributed by atoms with van der Waals surface area (Å²) in [5, 5.41) is 23.9. The number of carboxylic acid groups (broad SMARTS) is 2. The van der Waals surface area contributed by atoms with Gasteiger partial charge in [-0.1, -0.05) is 163 Å². The first-order chi connectivity index (χ1) is 20.8. The van der Waals surface area contributed by atoms with Crippen molar-refractivity contribution in [2.75, 3.05) is 0 Å². The largest absolute Gasteiger partial charge is 0.479 e. The van der Waals surface area contributed by atoms with Crippen LogP contribution < -0.4 is 20.7 Å². The quantitative estimate of drug-likeness (QED) is 0.227. The molecule has 2 N–H and O–H groups in total. The van der Waals surface area contributed by atoms with Crippen LogP contribution in [-0.4, -0.2) is 51.0 Å². The Labute approximate surface area is 262 Å². The van der Waals surface area contributed by atoms with E-state index in [9.17, 15) is 19.8 Å². The van der Waals surface area contributed by atoms with Gasteiger partial charge < -0.3 is 19.1 Å². The minimum absolute atomic E-state index is 0.579. The smallest absolute Gasteiger partial charge is 0.334 e. The first kappa shape index (κ1) is 33.1. The highest BCUT2D eigenvalue weighted by molar-refractivity contribution is 7.00.